The molecule has 0 fully saturated rings. The minimum absolute atomic E-state index is 0.0820. The van der Waals surface area contributed by atoms with Crippen LogP contribution < -0.4 is 9.47 Å². The van der Waals surface area contributed by atoms with E-state index in [0.29, 0.717) is 22.6 Å². The van der Waals surface area contributed by atoms with E-state index in [0.717, 1.165) is 6.21 Å². The van der Waals surface area contributed by atoms with Gasteiger partial charge in [0.1, 0.15) is 17.2 Å². The van der Waals surface area contributed by atoms with E-state index < -0.39 is 5.97 Å². The maximum atomic E-state index is 11.9. The zero-order valence-electron chi connectivity index (χ0n) is 10.8. The first-order chi connectivity index (χ1) is 9.63. The molecule has 0 aliphatic rings. The molecular weight excluding hydrogens is 258 g/mol. The quantitative estimate of drug-likeness (QED) is 0.509. The van der Waals surface area contributed by atoms with Gasteiger partial charge >= 0.3 is 5.97 Å². The highest BCUT2D eigenvalue weighted by Crippen LogP contribution is 2.24. The topological polar surface area (TPSA) is 79.6 Å². The molecular formula is C15H13NO4. The number of methoxy groups -OCH3 is 1. The van der Waals surface area contributed by atoms with Crippen molar-refractivity contribution < 1.29 is 19.4 Å². The molecule has 0 spiro atoms. The average molecular weight is 271 g/mol. The highest BCUT2D eigenvalue weighted by molar-refractivity contribution is 5.91. The van der Waals surface area contributed by atoms with Crippen LogP contribution >= 0.6 is 0 Å². The fourth-order valence-corrected chi connectivity index (χ4v) is 1.64. The van der Waals surface area contributed by atoms with Gasteiger partial charge in [-0.15, -0.1) is 0 Å². The number of hydrogen-bond donors (Lipinski definition) is 2. The number of ether oxygens (including phenoxy) is 2. The number of hydrogen-bond acceptors (Lipinski definition) is 5. The van der Waals surface area contributed by atoms with Crippen molar-refractivity contribution in [3.05, 3.63) is 53.6 Å². The molecule has 5 nitrogen and oxygen atoms in total. The van der Waals surface area contributed by atoms with E-state index in [4.69, 9.17) is 20.0 Å². The van der Waals surface area contributed by atoms with Crippen molar-refractivity contribution in [2.45, 2.75) is 0 Å². The van der Waals surface area contributed by atoms with Crippen molar-refractivity contribution in [2.75, 3.05) is 7.11 Å². The molecule has 0 radical (unpaired) electrons. The molecule has 0 amide bonds. The van der Waals surface area contributed by atoms with Crippen LogP contribution in [-0.2, 0) is 0 Å². The van der Waals surface area contributed by atoms with Crippen LogP contribution in [0.5, 0.6) is 17.2 Å². The van der Waals surface area contributed by atoms with E-state index in [1.54, 1.807) is 18.2 Å². The second-order valence-corrected chi connectivity index (χ2v) is 3.98. The van der Waals surface area contributed by atoms with Crippen molar-refractivity contribution in [1.29, 1.82) is 5.41 Å². The minimum Gasteiger partial charge on any atom is -0.508 e. The Hall–Kier alpha value is -2.82. The molecule has 0 saturated heterocycles. The maximum absolute atomic E-state index is 11.9. The monoisotopic (exact) mass is 271 g/mol. The molecule has 2 N–H and O–H groups in total. The second kappa shape index (κ2) is 5.88. The first kappa shape index (κ1) is 13.6. The summed E-state index contributed by atoms with van der Waals surface area (Å²) < 4.78 is 10.3. The summed E-state index contributed by atoms with van der Waals surface area (Å²) in [4.78, 5) is 11.9. The Bertz CT molecular complexity index is 635. The zero-order valence-corrected chi connectivity index (χ0v) is 10.8. The van der Waals surface area contributed by atoms with Gasteiger partial charge in [-0.25, -0.2) is 4.79 Å². The predicted octanol–water partition coefficient (Wildman–Crippen LogP) is 2.62. The van der Waals surface area contributed by atoms with Gasteiger partial charge in [0, 0.05) is 17.8 Å². The molecule has 2 aromatic carbocycles. The molecule has 0 aromatic heterocycles. The lowest BCUT2D eigenvalue weighted by atomic mass is 10.2. The Morgan fingerprint density at radius 1 is 1.20 bits per heavy atom. The van der Waals surface area contributed by atoms with Crippen LogP contribution in [0.15, 0.2) is 42.5 Å². The number of rotatable bonds is 4. The van der Waals surface area contributed by atoms with Crippen LogP contribution in [0, 0.1) is 5.41 Å². The van der Waals surface area contributed by atoms with Gasteiger partial charge in [-0.3, -0.25) is 0 Å². The summed E-state index contributed by atoms with van der Waals surface area (Å²) in [6, 6.07) is 10.5. The van der Waals surface area contributed by atoms with Crippen LogP contribution in [0.1, 0.15) is 15.9 Å². The normalized spacial score (nSPS) is 9.85. The van der Waals surface area contributed by atoms with Crippen molar-refractivity contribution in [3.8, 4) is 17.2 Å². The molecule has 2 rings (SSSR count). The smallest absolute Gasteiger partial charge is 0.343 e. The van der Waals surface area contributed by atoms with Crippen molar-refractivity contribution in [3.63, 3.8) is 0 Å². The molecule has 102 valence electrons. The van der Waals surface area contributed by atoms with Crippen molar-refractivity contribution in [2.24, 2.45) is 0 Å². The molecule has 5 heteroatoms. The summed E-state index contributed by atoms with van der Waals surface area (Å²) in [6.45, 7) is 0. The summed E-state index contributed by atoms with van der Waals surface area (Å²) in [6.07, 6.45) is 1.16. The molecule has 0 unspecified atom stereocenters. The lowest BCUT2D eigenvalue weighted by Crippen LogP contribution is -2.08. The van der Waals surface area contributed by atoms with E-state index in [1.165, 1.54) is 31.4 Å². The number of nitrogens with one attached hydrogen (secondary N) is 1. The van der Waals surface area contributed by atoms with E-state index in [9.17, 15) is 4.79 Å². The molecule has 0 bridgehead atoms. The summed E-state index contributed by atoms with van der Waals surface area (Å²) in [5.41, 5.74) is 0.926. The van der Waals surface area contributed by atoms with Gasteiger partial charge < -0.3 is 20.0 Å². The number of benzene rings is 2. The molecule has 0 aliphatic heterocycles. The third kappa shape index (κ3) is 2.95. The van der Waals surface area contributed by atoms with Gasteiger partial charge in [-0.05, 0) is 36.4 Å². The first-order valence-corrected chi connectivity index (χ1v) is 5.84. The number of carbonyl (C=O) groups is 1. The summed E-state index contributed by atoms with van der Waals surface area (Å²) in [7, 11) is 1.48. The van der Waals surface area contributed by atoms with Crippen LogP contribution in [0.2, 0.25) is 0 Å². The molecule has 0 saturated carbocycles. The number of phenolic OH excluding ortho intramolecular Hbond substituents is 1. The standard InChI is InChI=1S/C15H13NO4/c1-19-14-8-13(7-4-11(14)9-16)20-15(18)10-2-5-12(17)6-3-10/h2-9,16-17H,1H3. The van der Waals surface area contributed by atoms with Crippen molar-refractivity contribution >= 4 is 12.2 Å². The Labute approximate surface area is 115 Å². The fraction of sp³-hybridized carbons (Fsp3) is 0.0667. The SMILES string of the molecule is COc1cc(OC(=O)c2ccc(O)cc2)ccc1C=N. The van der Waals surface area contributed by atoms with Gasteiger partial charge in [-0.1, -0.05) is 0 Å². The van der Waals surface area contributed by atoms with Gasteiger partial charge in [-0.2, -0.15) is 0 Å². The highest BCUT2D eigenvalue weighted by atomic mass is 16.5. The maximum Gasteiger partial charge on any atom is 0.343 e. The third-order valence-electron chi connectivity index (χ3n) is 2.67. The van der Waals surface area contributed by atoms with Gasteiger partial charge in [0.2, 0.25) is 0 Å². The number of aromatic hydroxyl groups is 1. The van der Waals surface area contributed by atoms with Crippen LogP contribution in [0.3, 0.4) is 0 Å². The molecule has 20 heavy (non-hydrogen) atoms. The lowest BCUT2D eigenvalue weighted by Gasteiger charge is -2.08. The molecule has 2 aromatic rings. The van der Waals surface area contributed by atoms with E-state index >= 15 is 0 Å². The molecule has 0 heterocycles. The zero-order chi connectivity index (χ0) is 14.5. The van der Waals surface area contributed by atoms with E-state index in [-0.39, 0.29) is 5.75 Å². The van der Waals surface area contributed by atoms with E-state index in [2.05, 4.69) is 0 Å². The van der Waals surface area contributed by atoms with Gasteiger partial charge in [0.15, 0.2) is 0 Å². The fourth-order valence-electron chi connectivity index (χ4n) is 1.64. The predicted molar refractivity (Wildman–Crippen MR) is 73.9 cm³/mol. The van der Waals surface area contributed by atoms with Gasteiger partial charge in [0.25, 0.3) is 0 Å². The van der Waals surface area contributed by atoms with Crippen LogP contribution in [-0.4, -0.2) is 24.4 Å². The summed E-state index contributed by atoms with van der Waals surface area (Å²) >= 11 is 0. The molecule has 0 aliphatic carbocycles. The minimum atomic E-state index is -0.533. The first-order valence-electron chi connectivity index (χ1n) is 5.84. The summed E-state index contributed by atoms with van der Waals surface area (Å²) in [5.74, 6) is 0.328. The lowest BCUT2D eigenvalue weighted by molar-refractivity contribution is 0.0734. The van der Waals surface area contributed by atoms with Crippen LogP contribution in [0.4, 0.5) is 0 Å². The largest absolute Gasteiger partial charge is 0.508 e. The third-order valence-corrected chi connectivity index (χ3v) is 2.67. The van der Waals surface area contributed by atoms with E-state index in [1.807, 2.05) is 0 Å². The number of esters is 1. The Morgan fingerprint density at radius 2 is 1.90 bits per heavy atom. The second-order valence-electron chi connectivity index (χ2n) is 3.98. The Kier molecular flexibility index (Phi) is 4.00. The highest BCUT2D eigenvalue weighted by Gasteiger charge is 2.10. The molecule has 0 atom stereocenters. The number of phenols is 1. The average Bonchev–Trinajstić information content (AvgIpc) is 2.47. The Balaban J connectivity index is 2.19. The Morgan fingerprint density at radius 3 is 2.50 bits per heavy atom. The van der Waals surface area contributed by atoms with Crippen LogP contribution in [0.25, 0.3) is 0 Å². The van der Waals surface area contributed by atoms with Gasteiger partial charge in [0.05, 0.1) is 12.7 Å². The number of carbonyl (C=O) groups excluding carboxylic acids is 1. The van der Waals surface area contributed by atoms with Crippen molar-refractivity contribution in [1.82, 2.24) is 0 Å². The summed E-state index contributed by atoms with van der Waals surface area (Å²) in [5, 5.41) is 16.4.